The van der Waals surface area contributed by atoms with E-state index in [-0.39, 0.29) is 22.2 Å². The van der Waals surface area contributed by atoms with Crippen LogP contribution in [0.4, 0.5) is 13.2 Å². The highest BCUT2D eigenvalue weighted by Gasteiger charge is 2.37. The summed E-state index contributed by atoms with van der Waals surface area (Å²) in [5.41, 5.74) is 2.40. The Hall–Kier alpha value is -2.93. The number of aryl methyl sites for hydroxylation is 1. The van der Waals surface area contributed by atoms with Gasteiger partial charge in [0.25, 0.3) is 5.89 Å². The van der Waals surface area contributed by atoms with Crippen LogP contribution < -0.4 is 0 Å². The topological polar surface area (TPSA) is 38.9 Å². The van der Waals surface area contributed by atoms with E-state index in [0.717, 1.165) is 11.1 Å². The Morgan fingerprint density at radius 2 is 1.52 bits per heavy atom. The summed E-state index contributed by atoms with van der Waals surface area (Å²) in [4.78, 5) is -0.397. The molecule has 0 aliphatic carbocycles. The number of nitrogens with zero attached hydrogens (tertiary/aromatic N) is 2. The highest BCUT2D eigenvalue weighted by Crippen LogP contribution is 2.45. The summed E-state index contributed by atoms with van der Waals surface area (Å²) in [6.07, 6.45) is -4.46. The van der Waals surface area contributed by atoms with Crippen molar-refractivity contribution >= 4 is 11.3 Å². The van der Waals surface area contributed by atoms with Crippen LogP contribution >= 0.6 is 11.3 Å². The van der Waals surface area contributed by atoms with Crippen LogP contribution in [0.2, 0.25) is 0 Å². The van der Waals surface area contributed by atoms with Crippen molar-refractivity contribution in [1.29, 1.82) is 0 Å². The lowest BCUT2D eigenvalue weighted by molar-refractivity contribution is -0.133. The Kier molecular flexibility index (Phi) is 4.31. The Morgan fingerprint density at radius 3 is 2.19 bits per heavy atom. The lowest BCUT2D eigenvalue weighted by Crippen LogP contribution is -2.03. The number of alkyl halides is 3. The van der Waals surface area contributed by atoms with Gasteiger partial charge >= 0.3 is 6.18 Å². The first kappa shape index (κ1) is 17.5. The molecule has 0 saturated heterocycles. The van der Waals surface area contributed by atoms with Gasteiger partial charge in [-0.15, -0.1) is 21.5 Å². The van der Waals surface area contributed by atoms with Gasteiger partial charge in [0.05, 0.1) is 4.88 Å². The quantitative estimate of drug-likeness (QED) is 0.406. The molecule has 0 amide bonds. The van der Waals surface area contributed by atoms with Gasteiger partial charge in [0, 0.05) is 11.1 Å². The number of aromatic nitrogens is 2. The van der Waals surface area contributed by atoms with E-state index in [1.807, 2.05) is 31.2 Å². The molecule has 0 bridgehead atoms. The zero-order valence-electron chi connectivity index (χ0n) is 14.1. The van der Waals surface area contributed by atoms with Crippen LogP contribution in [0, 0.1) is 6.92 Å². The Morgan fingerprint density at radius 1 is 0.852 bits per heavy atom. The first-order valence-electron chi connectivity index (χ1n) is 8.09. The zero-order chi connectivity index (χ0) is 19.0. The van der Waals surface area contributed by atoms with Gasteiger partial charge in [-0.25, -0.2) is 0 Å². The molecule has 27 heavy (non-hydrogen) atoms. The van der Waals surface area contributed by atoms with E-state index in [2.05, 4.69) is 10.2 Å². The molecule has 4 aromatic rings. The molecule has 0 aliphatic heterocycles. The number of rotatable bonds is 3. The highest BCUT2D eigenvalue weighted by molar-refractivity contribution is 7.16. The van der Waals surface area contributed by atoms with Crippen molar-refractivity contribution < 1.29 is 17.6 Å². The van der Waals surface area contributed by atoms with E-state index < -0.39 is 11.1 Å². The largest absolute Gasteiger partial charge is 0.426 e. The zero-order valence-corrected chi connectivity index (χ0v) is 14.9. The SMILES string of the molecule is Cc1ccc(-c2nnc(-c3cc(-c4ccccc4)c(C(F)(F)F)s3)o2)cc1. The number of thiophene rings is 1. The van der Waals surface area contributed by atoms with E-state index in [9.17, 15) is 13.2 Å². The van der Waals surface area contributed by atoms with E-state index in [1.54, 1.807) is 30.3 Å². The summed E-state index contributed by atoms with van der Waals surface area (Å²) >= 11 is 0.604. The van der Waals surface area contributed by atoms with Crippen molar-refractivity contribution in [2.45, 2.75) is 13.1 Å². The summed E-state index contributed by atoms with van der Waals surface area (Å²) in [5.74, 6) is 0.344. The van der Waals surface area contributed by atoms with Crippen molar-refractivity contribution in [2.75, 3.05) is 0 Å². The minimum absolute atomic E-state index is 0.0725. The standard InChI is InChI=1S/C20H13F3N2OS/c1-12-7-9-14(10-8-12)18-24-25-19(26-18)16-11-15(13-5-3-2-4-6-13)17(27-16)20(21,22)23/h2-11H,1H3. The predicted molar refractivity (Wildman–Crippen MR) is 98.2 cm³/mol. The van der Waals surface area contributed by atoms with Gasteiger partial charge in [-0.1, -0.05) is 48.0 Å². The summed E-state index contributed by atoms with van der Waals surface area (Å²) in [5, 5.41) is 7.92. The maximum Gasteiger partial charge on any atom is 0.426 e. The fourth-order valence-electron chi connectivity index (χ4n) is 2.67. The first-order chi connectivity index (χ1) is 12.9. The van der Waals surface area contributed by atoms with Crippen molar-refractivity contribution in [1.82, 2.24) is 10.2 Å². The molecule has 136 valence electrons. The molecule has 0 fully saturated rings. The monoisotopic (exact) mass is 386 g/mol. The number of halogens is 3. The third-order valence-electron chi connectivity index (χ3n) is 4.01. The maximum atomic E-state index is 13.5. The first-order valence-corrected chi connectivity index (χ1v) is 8.91. The number of hydrogen-bond acceptors (Lipinski definition) is 4. The molecular weight excluding hydrogens is 373 g/mol. The molecule has 0 radical (unpaired) electrons. The Balaban J connectivity index is 1.77. The van der Waals surface area contributed by atoms with Crippen LogP contribution in [0.1, 0.15) is 10.4 Å². The lowest BCUT2D eigenvalue weighted by atomic mass is 10.1. The summed E-state index contributed by atoms with van der Waals surface area (Å²) in [6.45, 7) is 1.96. The van der Waals surface area contributed by atoms with Gasteiger partial charge < -0.3 is 4.42 Å². The van der Waals surface area contributed by atoms with Crippen LogP contribution in [0.5, 0.6) is 0 Å². The second kappa shape index (κ2) is 6.66. The van der Waals surface area contributed by atoms with Gasteiger partial charge in [0.2, 0.25) is 5.89 Å². The third kappa shape index (κ3) is 3.50. The molecule has 0 spiro atoms. The molecule has 4 rings (SSSR count). The molecule has 2 aromatic carbocycles. The molecule has 0 aliphatic rings. The smallest absolute Gasteiger partial charge is 0.415 e. The average Bonchev–Trinajstić information content (AvgIpc) is 3.30. The van der Waals surface area contributed by atoms with Gasteiger partial charge in [-0.05, 0) is 30.7 Å². The number of benzene rings is 2. The fourth-order valence-corrected chi connectivity index (χ4v) is 3.64. The molecule has 3 nitrogen and oxygen atoms in total. The van der Waals surface area contributed by atoms with Crippen LogP contribution in [0.15, 0.2) is 65.1 Å². The Labute approximate surface area is 157 Å². The summed E-state index contributed by atoms with van der Waals surface area (Å²) in [7, 11) is 0. The minimum atomic E-state index is -4.46. The molecular formula is C20H13F3N2OS. The molecule has 7 heteroatoms. The molecule has 0 saturated carbocycles. The van der Waals surface area contributed by atoms with Crippen LogP contribution in [-0.2, 0) is 6.18 Å². The summed E-state index contributed by atoms with van der Waals surface area (Å²) < 4.78 is 46.2. The molecule has 0 atom stereocenters. The van der Waals surface area contributed by atoms with Gasteiger partial charge in [-0.2, -0.15) is 13.2 Å². The van der Waals surface area contributed by atoms with E-state index in [1.165, 1.54) is 6.07 Å². The minimum Gasteiger partial charge on any atom is -0.415 e. The average molecular weight is 386 g/mol. The van der Waals surface area contributed by atoms with Crippen LogP contribution in [0.3, 0.4) is 0 Å². The predicted octanol–water partition coefficient (Wildman–Crippen LogP) is 6.46. The molecule has 0 N–H and O–H groups in total. The molecule has 2 heterocycles. The van der Waals surface area contributed by atoms with Crippen molar-refractivity contribution in [2.24, 2.45) is 0 Å². The van der Waals surface area contributed by atoms with Gasteiger partial charge in [-0.3, -0.25) is 0 Å². The second-order valence-corrected chi connectivity index (χ2v) is 7.05. The maximum absolute atomic E-state index is 13.5. The van der Waals surface area contributed by atoms with Gasteiger partial charge in [0.1, 0.15) is 4.88 Å². The summed E-state index contributed by atoms with van der Waals surface area (Å²) in [6, 6.07) is 17.4. The normalized spacial score (nSPS) is 11.7. The lowest BCUT2D eigenvalue weighted by Gasteiger charge is -2.07. The fraction of sp³-hybridized carbons (Fsp3) is 0.100. The van der Waals surface area contributed by atoms with Crippen LogP contribution in [-0.4, -0.2) is 10.2 Å². The number of hydrogen-bond donors (Lipinski definition) is 0. The van der Waals surface area contributed by atoms with Crippen molar-refractivity contribution in [3.63, 3.8) is 0 Å². The Bertz CT molecular complexity index is 1070. The van der Waals surface area contributed by atoms with E-state index in [0.29, 0.717) is 16.9 Å². The third-order valence-corrected chi connectivity index (χ3v) is 5.18. The van der Waals surface area contributed by atoms with E-state index in [4.69, 9.17) is 4.42 Å². The van der Waals surface area contributed by atoms with Crippen molar-refractivity contribution in [3.8, 4) is 33.3 Å². The van der Waals surface area contributed by atoms with Gasteiger partial charge in [0.15, 0.2) is 0 Å². The van der Waals surface area contributed by atoms with Crippen molar-refractivity contribution in [3.05, 3.63) is 71.1 Å². The molecule has 0 unspecified atom stereocenters. The molecule has 2 aromatic heterocycles. The van der Waals surface area contributed by atoms with E-state index >= 15 is 0 Å². The van der Waals surface area contributed by atoms with Crippen LogP contribution in [0.25, 0.3) is 33.3 Å². The second-order valence-electron chi connectivity index (χ2n) is 6.00. The highest BCUT2D eigenvalue weighted by atomic mass is 32.1.